The number of fused-ring (bicyclic) bond motifs is 1. The number of amides is 1. The zero-order valence-electron chi connectivity index (χ0n) is 17.2. The Kier molecular flexibility index (Phi) is 6.09. The van der Waals surface area contributed by atoms with Crippen LogP contribution in [0.3, 0.4) is 0 Å². The number of benzene rings is 1. The molecule has 2 N–H and O–H groups in total. The average molecular weight is 468 g/mol. The van der Waals surface area contributed by atoms with Gasteiger partial charge in [0.2, 0.25) is 5.91 Å². The van der Waals surface area contributed by atoms with Crippen molar-refractivity contribution in [2.24, 2.45) is 0 Å². The number of alkyl halides is 3. The van der Waals surface area contributed by atoms with Gasteiger partial charge in [0.05, 0.1) is 23.7 Å². The molecule has 0 saturated carbocycles. The number of H-pyrrole nitrogens is 1. The van der Waals surface area contributed by atoms with Gasteiger partial charge in [-0.3, -0.25) is 9.89 Å². The summed E-state index contributed by atoms with van der Waals surface area (Å²) in [5.41, 5.74) is -0.0863. The van der Waals surface area contributed by atoms with Crippen LogP contribution in [-0.2, 0) is 11.0 Å². The first-order valence-corrected chi connectivity index (χ1v) is 10.4. The third-order valence-electron chi connectivity index (χ3n) is 5.53. The lowest BCUT2D eigenvalue weighted by Crippen LogP contribution is -2.50. The number of carbonyl (C=O) groups excluding carboxylic acids is 1. The Labute approximate surface area is 186 Å². The summed E-state index contributed by atoms with van der Waals surface area (Å²) in [6.45, 7) is 0.927. The van der Waals surface area contributed by atoms with Gasteiger partial charge in [-0.25, -0.2) is 9.97 Å². The first-order valence-electron chi connectivity index (χ1n) is 9.98. The molecule has 170 valence electrons. The van der Waals surface area contributed by atoms with Crippen LogP contribution in [0.4, 0.5) is 24.7 Å². The van der Waals surface area contributed by atoms with Crippen LogP contribution in [0.2, 0.25) is 5.02 Å². The molecule has 12 heteroatoms. The number of piperidine rings is 1. The molecule has 3 heterocycles. The van der Waals surface area contributed by atoms with E-state index in [0.29, 0.717) is 18.7 Å². The highest BCUT2D eigenvalue weighted by Crippen LogP contribution is 2.33. The number of likely N-dealkylation sites (tertiary alicyclic amines) is 1. The van der Waals surface area contributed by atoms with Crippen LogP contribution < -0.4 is 10.2 Å². The summed E-state index contributed by atoms with van der Waals surface area (Å²) in [5.74, 6) is 0.521. The predicted octanol–water partition coefficient (Wildman–Crippen LogP) is 3.56. The number of aromatic nitrogens is 4. The van der Waals surface area contributed by atoms with Crippen molar-refractivity contribution in [1.82, 2.24) is 25.1 Å². The molecule has 0 aliphatic carbocycles. The third-order valence-corrected chi connectivity index (χ3v) is 5.75. The van der Waals surface area contributed by atoms with Crippen LogP contribution in [0.15, 0.2) is 30.7 Å². The fourth-order valence-corrected chi connectivity index (χ4v) is 4.08. The van der Waals surface area contributed by atoms with Gasteiger partial charge in [-0.1, -0.05) is 11.6 Å². The molecule has 1 saturated heterocycles. The average Bonchev–Trinajstić information content (AvgIpc) is 3.25. The first kappa shape index (κ1) is 22.1. The van der Waals surface area contributed by atoms with E-state index >= 15 is 0 Å². The molecule has 1 aliphatic rings. The lowest BCUT2D eigenvalue weighted by molar-refractivity contribution is -0.137. The zero-order valence-corrected chi connectivity index (χ0v) is 17.9. The third kappa shape index (κ3) is 4.72. The summed E-state index contributed by atoms with van der Waals surface area (Å²) in [4.78, 5) is 25.0. The Morgan fingerprint density at radius 1 is 1.34 bits per heavy atom. The molecular formula is C20H21ClF3N7O. The van der Waals surface area contributed by atoms with Gasteiger partial charge >= 0.3 is 6.18 Å². The molecule has 0 bridgehead atoms. The molecule has 1 aromatic carbocycles. The van der Waals surface area contributed by atoms with Crippen molar-refractivity contribution in [3.05, 3.63) is 41.3 Å². The smallest absolute Gasteiger partial charge is 0.376 e. The Bertz CT molecular complexity index is 1120. The number of nitrogens with one attached hydrogen (secondary N) is 2. The first-order chi connectivity index (χ1) is 15.2. The van der Waals surface area contributed by atoms with Crippen LogP contribution in [0, 0.1) is 0 Å². The Balaban J connectivity index is 1.41. The zero-order chi connectivity index (χ0) is 22.9. The number of anilines is 2. The molecule has 1 aliphatic heterocycles. The van der Waals surface area contributed by atoms with Gasteiger partial charge in [-0.05, 0) is 31.0 Å². The minimum Gasteiger partial charge on any atom is -0.376 e. The number of rotatable bonds is 5. The second-order valence-corrected chi connectivity index (χ2v) is 8.09. The molecule has 0 spiro atoms. The highest BCUT2D eigenvalue weighted by Gasteiger charge is 2.31. The maximum Gasteiger partial charge on any atom is 0.416 e. The summed E-state index contributed by atoms with van der Waals surface area (Å²) in [7, 11) is 1.91. The van der Waals surface area contributed by atoms with Gasteiger partial charge in [0.1, 0.15) is 12.1 Å². The molecular weight excluding hydrogens is 447 g/mol. The van der Waals surface area contributed by atoms with E-state index in [1.807, 2.05) is 11.9 Å². The summed E-state index contributed by atoms with van der Waals surface area (Å²) in [6, 6.07) is 3.19. The normalized spacial score (nSPS) is 16.9. The SMILES string of the molecule is CN(c1ncnc2[nH]ncc12)[C@H]1CCCN(C(=O)CNc2cc(Cl)cc(C(F)(F)F)c2)C1. The molecule has 3 aromatic rings. The number of hydrogen-bond donors (Lipinski definition) is 2. The number of carbonyl (C=O) groups is 1. The largest absolute Gasteiger partial charge is 0.416 e. The summed E-state index contributed by atoms with van der Waals surface area (Å²) >= 11 is 5.81. The lowest BCUT2D eigenvalue weighted by atomic mass is 10.0. The second kappa shape index (κ2) is 8.81. The lowest BCUT2D eigenvalue weighted by Gasteiger charge is -2.38. The van der Waals surface area contributed by atoms with Crippen molar-refractivity contribution >= 4 is 40.0 Å². The summed E-state index contributed by atoms with van der Waals surface area (Å²) in [6.07, 6.45) is 0.284. The summed E-state index contributed by atoms with van der Waals surface area (Å²) < 4.78 is 39.0. The Morgan fingerprint density at radius 2 is 2.16 bits per heavy atom. The minimum atomic E-state index is -4.52. The van der Waals surface area contributed by atoms with Gasteiger partial charge in [0.15, 0.2) is 5.65 Å². The number of nitrogens with zero attached hydrogens (tertiary/aromatic N) is 5. The Hall–Kier alpha value is -3.08. The molecule has 1 fully saturated rings. The van der Waals surface area contributed by atoms with Gasteiger partial charge in [0, 0.05) is 36.9 Å². The van der Waals surface area contributed by atoms with Crippen LogP contribution in [0.1, 0.15) is 18.4 Å². The number of likely N-dealkylation sites (N-methyl/N-ethyl adjacent to an activating group) is 1. The van der Waals surface area contributed by atoms with Crippen LogP contribution >= 0.6 is 11.6 Å². The number of aromatic amines is 1. The highest BCUT2D eigenvalue weighted by atomic mass is 35.5. The van der Waals surface area contributed by atoms with Crippen molar-refractivity contribution in [2.45, 2.75) is 25.1 Å². The number of halogens is 4. The molecule has 2 aromatic heterocycles. The standard InChI is InChI=1S/C20H21ClF3N7O/c1-30(19-16-8-28-29-18(16)26-11-27-19)15-3-2-4-31(10-15)17(32)9-25-14-6-12(20(22,23)24)5-13(21)7-14/h5-8,11,15,25H,2-4,9-10H2,1H3,(H,26,27,28,29)/t15-/m0/s1. The summed E-state index contributed by atoms with van der Waals surface area (Å²) in [5, 5.41) is 10.3. The van der Waals surface area contributed by atoms with Crippen molar-refractivity contribution in [3.8, 4) is 0 Å². The molecule has 4 rings (SSSR count). The molecule has 1 amide bonds. The van der Waals surface area contributed by atoms with E-state index in [0.717, 1.165) is 36.2 Å². The molecule has 8 nitrogen and oxygen atoms in total. The quantitative estimate of drug-likeness (QED) is 0.596. The van der Waals surface area contributed by atoms with Crippen molar-refractivity contribution in [1.29, 1.82) is 0 Å². The fourth-order valence-electron chi connectivity index (χ4n) is 3.85. The van der Waals surface area contributed by atoms with Gasteiger partial charge < -0.3 is 15.1 Å². The number of hydrogen-bond acceptors (Lipinski definition) is 6. The van der Waals surface area contributed by atoms with Crippen LogP contribution in [0.5, 0.6) is 0 Å². The van der Waals surface area contributed by atoms with Crippen molar-refractivity contribution in [2.75, 3.05) is 36.9 Å². The molecule has 0 radical (unpaired) electrons. The van der Waals surface area contributed by atoms with E-state index in [1.165, 1.54) is 12.4 Å². The predicted molar refractivity (Wildman–Crippen MR) is 115 cm³/mol. The van der Waals surface area contributed by atoms with E-state index < -0.39 is 11.7 Å². The fraction of sp³-hybridized carbons (Fsp3) is 0.400. The monoisotopic (exact) mass is 467 g/mol. The van der Waals surface area contributed by atoms with E-state index in [1.54, 1.807) is 11.1 Å². The highest BCUT2D eigenvalue weighted by molar-refractivity contribution is 6.31. The van der Waals surface area contributed by atoms with Gasteiger partial charge in [-0.15, -0.1) is 0 Å². The van der Waals surface area contributed by atoms with Crippen LogP contribution in [-0.4, -0.2) is 63.7 Å². The maximum atomic E-state index is 13.0. The van der Waals surface area contributed by atoms with Crippen LogP contribution in [0.25, 0.3) is 11.0 Å². The van der Waals surface area contributed by atoms with E-state index in [9.17, 15) is 18.0 Å². The topological polar surface area (TPSA) is 90.0 Å². The van der Waals surface area contributed by atoms with Crippen molar-refractivity contribution < 1.29 is 18.0 Å². The van der Waals surface area contributed by atoms with Gasteiger partial charge in [-0.2, -0.15) is 18.3 Å². The molecule has 0 unspecified atom stereocenters. The van der Waals surface area contributed by atoms with E-state index in [-0.39, 0.29) is 29.2 Å². The van der Waals surface area contributed by atoms with E-state index in [4.69, 9.17) is 11.6 Å². The maximum absolute atomic E-state index is 13.0. The molecule has 1 atom stereocenters. The Morgan fingerprint density at radius 3 is 2.94 bits per heavy atom. The van der Waals surface area contributed by atoms with E-state index in [2.05, 4.69) is 25.5 Å². The van der Waals surface area contributed by atoms with Gasteiger partial charge in [0.25, 0.3) is 0 Å². The second-order valence-electron chi connectivity index (χ2n) is 7.66. The van der Waals surface area contributed by atoms with Crippen molar-refractivity contribution in [3.63, 3.8) is 0 Å². The minimum absolute atomic E-state index is 0.0312. The molecule has 32 heavy (non-hydrogen) atoms.